The first kappa shape index (κ1) is 20.2. The summed E-state index contributed by atoms with van der Waals surface area (Å²) in [5.74, 6) is -4.49. The molecule has 10 heteroatoms. The number of aliphatic carboxylic acids is 2. The molecule has 0 aromatic carbocycles. The van der Waals surface area contributed by atoms with Gasteiger partial charge in [0.1, 0.15) is 0 Å². The summed E-state index contributed by atoms with van der Waals surface area (Å²) in [6.07, 6.45) is 6.11. The van der Waals surface area contributed by atoms with Crippen molar-refractivity contribution < 1.29 is 29.4 Å². The molecule has 0 spiro atoms. The number of carboxylic acids is 2. The van der Waals surface area contributed by atoms with E-state index in [1.54, 1.807) is 24.3 Å². The molecule has 2 aromatic heterocycles. The average molecular weight is 334 g/mol. The molecule has 0 unspecified atom stereocenters. The van der Waals surface area contributed by atoms with Crippen LogP contribution in [0.4, 0.5) is 0 Å². The number of aromatic nitrogens is 2. The summed E-state index contributed by atoms with van der Waals surface area (Å²) in [5, 5.41) is 14.8. The Morgan fingerprint density at radius 2 is 0.917 bits per heavy atom. The van der Waals surface area contributed by atoms with Crippen molar-refractivity contribution >= 4 is 23.8 Å². The molecule has 6 N–H and O–H groups in total. The Kier molecular flexibility index (Phi) is 9.12. The molecule has 0 bridgehead atoms. The van der Waals surface area contributed by atoms with Gasteiger partial charge in [-0.1, -0.05) is 0 Å². The monoisotopic (exact) mass is 334 g/mol. The molecule has 2 amide bonds. The highest BCUT2D eigenvalue weighted by atomic mass is 16.4. The smallest absolute Gasteiger partial charge is 0.414 e. The normalized spacial score (nSPS) is 8.50. The van der Waals surface area contributed by atoms with Crippen molar-refractivity contribution in [2.75, 3.05) is 0 Å². The number of rotatable bonds is 2. The van der Waals surface area contributed by atoms with E-state index in [2.05, 4.69) is 9.97 Å². The lowest BCUT2D eigenvalue weighted by molar-refractivity contribution is -0.159. The first-order valence-corrected chi connectivity index (χ1v) is 6.11. The number of amides is 2. The Balaban J connectivity index is 0.000000340. The van der Waals surface area contributed by atoms with Crippen LogP contribution < -0.4 is 11.5 Å². The van der Waals surface area contributed by atoms with Crippen LogP contribution in [-0.4, -0.2) is 43.9 Å². The molecule has 10 nitrogen and oxygen atoms in total. The molecule has 2 heterocycles. The molecule has 24 heavy (non-hydrogen) atoms. The Bertz CT molecular complexity index is 629. The first-order valence-electron chi connectivity index (χ1n) is 6.11. The predicted molar refractivity (Wildman–Crippen MR) is 80.8 cm³/mol. The van der Waals surface area contributed by atoms with Crippen LogP contribution in [0.3, 0.4) is 0 Å². The van der Waals surface area contributed by atoms with E-state index >= 15 is 0 Å². The fraction of sp³-hybridized carbons (Fsp3) is 0. The lowest BCUT2D eigenvalue weighted by Crippen LogP contribution is -2.10. The minimum atomic E-state index is -1.82. The molecule has 0 fully saturated rings. The quantitative estimate of drug-likeness (QED) is 0.530. The summed E-state index contributed by atoms with van der Waals surface area (Å²) in [6, 6.07) is 6.29. The number of hydrogen-bond acceptors (Lipinski definition) is 6. The van der Waals surface area contributed by atoms with Crippen molar-refractivity contribution in [3.05, 3.63) is 60.2 Å². The van der Waals surface area contributed by atoms with Crippen LogP contribution in [0.25, 0.3) is 0 Å². The minimum Gasteiger partial charge on any atom is -0.473 e. The van der Waals surface area contributed by atoms with E-state index in [1.165, 1.54) is 24.8 Å². The summed E-state index contributed by atoms with van der Waals surface area (Å²) in [5.41, 5.74) is 10.9. The number of pyridine rings is 2. The third-order valence-electron chi connectivity index (χ3n) is 2.11. The van der Waals surface area contributed by atoms with E-state index in [9.17, 15) is 9.59 Å². The number of hydrogen-bond donors (Lipinski definition) is 4. The number of nitrogens with zero attached hydrogens (tertiary/aromatic N) is 2. The highest BCUT2D eigenvalue weighted by Crippen LogP contribution is 1.92. The highest BCUT2D eigenvalue weighted by molar-refractivity contribution is 6.27. The second-order valence-electron chi connectivity index (χ2n) is 3.81. The fourth-order valence-corrected chi connectivity index (χ4v) is 1.03. The Morgan fingerprint density at radius 3 is 1.04 bits per heavy atom. The average Bonchev–Trinajstić information content (AvgIpc) is 2.57. The van der Waals surface area contributed by atoms with Gasteiger partial charge in [0.05, 0.1) is 0 Å². The first-order chi connectivity index (χ1) is 11.3. The van der Waals surface area contributed by atoms with E-state index in [-0.39, 0.29) is 0 Å². The maximum atomic E-state index is 10.4. The summed E-state index contributed by atoms with van der Waals surface area (Å²) >= 11 is 0. The van der Waals surface area contributed by atoms with Gasteiger partial charge in [-0.2, -0.15) is 0 Å². The minimum absolute atomic E-state index is 0.419. The van der Waals surface area contributed by atoms with Crippen molar-refractivity contribution in [1.29, 1.82) is 0 Å². The molecule has 0 aliphatic rings. The largest absolute Gasteiger partial charge is 0.473 e. The molecule has 0 saturated heterocycles. The second-order valence-corrected chi connectivity index (χ2v) is 3.81. The molecule has 2 aromatic rings. The fourth-order valence-electron chi connectivity index (χ4n) is 1.03. The summed E-state index contributed by atoms with van der Waals surface area (Å²) in [4.78, 5) is 46.4. The van der Waals surface area contributed by atoms with Crippen molar-refractivity contribution in [1.82, 2.24) is 9.97 Å². The van der Waals surface area contributed by atoms with Gasteiger partial charge in [-0.25, -0.2) is 9.59 Å². The van der Waals surface area contributed by atoms with Crippen LogP contribution in [0.5, 0.6) is 0 Å². The van der Waals surface area contributed by atoms with Crippen LogP contribution >= 0.6 is 0 Å². The third kappa shape index (κ3) is 9.18. The van der Waals surface area contributed by atoms with Gasteiger partial charge in [0, 0.05) is 35.9 Å². The Hall–Kier alpha value is -3.82. The molecule has 126 valence electrons. The van der Waals surface area contributed by atoms with Crippen LogP contribution in [-0.2, 0) is 9.59 Å². The summed E-state index contributed by atoms with van der Waals surface area (Å²) < 4.78 is 0. The van der Waals surface area contributed by atoms with Crippen molar-refractivity contribution in [3.63, 3.8) is 0 Å². The van der Waals surface area contributed by atoms with Crippen LogP contribution in [0, 0.1) is 0 Å². The van der Waals surface area contributed by atoms with E-state index < -0.39 is 23.8 Å². The van der Waals surface area contributed by atoms with Gasteiger partial charge in [-0.3, -0.25) is 19.6 Å². The van der Waals surface area contributed by atoms with E-state index in [0.717, 1.165) is 0 Å². The van der Waals surface area contributed by atoms with Crippen molar-refractivity contribution in [2.45, 2.75) is 0 Å². The number of carboxylic acid groups (broad SMARTS) is 2. The standard InChI is InChI=1S/2C6H6N2O.C2H2O4/c2*7-6(9)5-1-3-8-4-2-5;3-1(4)2(5)6/h2*1-4H,(H2,7,9);(H,3,4)(H,5,6). The van der Waals surface area contributed by atoms with Crippen LogP contribution in [0.1, 0.15) is 20.7 Å². The lowest BCUT2D eigenvalue weighted by Gasteiger charge is -1.88. The molecule has 0 radical (unpaired) electrons. The van der Waals surface area contributed by atoms with E-state index in [4.69, 9.17) is 31.3 Å². The number of primary amides is 2. The van der Waals surface area contributed by atoms with Gasteiger partial charge in [0.15, 0.2) is 0 Å². The van der Waals surface area contributed by atoms with Gasteiger partial charge in [0.2, 0.25) is 11.8 Å². The predicted octanol–water partition coefficient (Wildman–Crippen LogP) is -0.483. The Morgan fingerprint density at radius 1 is 0.667 bits per heavy atom. The zero-order valence-corrected chi connectivity index (χ0v) is 12.2. The molecule has 0 saturated carbocycles. The van der Waals surface area contributed by atoms with E-state index in [0.29, 0.717) is 11.1 Å². The van der Waals surface area contributed by atoms with Crippen molar-refractivity contribution in [2.24, 2.45) is 11.5 Å². The van der Waals surface area contributed by atoms with Crippen LogP contribution in [0.2, 0.25) is 0 Å². The zero-order valence-electron chi connectivity index (χ0n) is 12.2. The van der Waals surface area contributed by atoms with Gasteiger partial charge in [-0.15, -0.1) is 0 Å². The number of carbonyl (C=O) groups is 4. The molecular formula is C14H14N4O6. The van der Waals surface area contributed by atoms with Crippen LogP contribution in [0.15, 0.2) is 49.1 Å². The third-order valence-corrected chi connectivity index (χ3v) is 2.11. The SMILES string of the molecule is NC(=O)c1ccncc1.NC(=O)c1ccncc1.O=C(O)C(=O)O. The lowest BCUT2D eigenvalue weighted by atomic mass is 10.3. The number of nitrogens with two attached hydrogens (primary N) is 2. The maximum Gasteiger partial charge on any atom is 0.414 e. The van der Waals surface area contributed by atoms with E-state index in [1.807, 2.05) is 0 Å². The maximum absolute atomic E-state index is 10.4. The topological polar surface area (TPSA) is 187 Å². The second kappa shape index (κ2) is 10.8. The van der Waals surface area contributed by atoms with Gasteiger partial charge < -0.3 is 21.7 Å². The van der Waals surface area contributed by atoms with Gasteiger partial charge >= 0.3 is 11.9 Å². The molecule has 0 aliphatic heterocycles. The molecular weight excluding hydrogens is 320 g/mol. The Labute approximate surface area is 135 Å². The molecule has 0 atom stereocenters. The van der Waals surface area contributed by atoms with Gasteiger partial charge in [0.25, 0.3) is 0 Å². The van der Waals surface area contributed by atoms with Gasteiger partial charge in [-0.05, 0) is 24.3 Å². The highest BCUT2D eigenvalue weighted by Gasteiger charge is 2.04. The summed E-state index contributed by atoms with van der Waals surface area (Å²) in [7, 11) is 0. The summed E-state index contributed by atoms with van der Waals surface area (Å²) in [6.45, 7) is 0. The zero-order chi connectivity index (χ0) is 18.5. The number of carbonyl (C=O) groups excluding carboxylic acids is 2. The van der Waals surface area contributed by atoms with Crippen molar-refractivity contribution in [3.8, 4) is 0 Å². The molecule has 0 aliphatic carbocycles. The molecule has 2 rings (SSSR count).